The van der Waals surface area contributed by atoms with Gasteiger partial charge in [-0.1, -0.05) is 13.0 Å². The normalized spacial score (nSPS) is 12.3. The van der Waals surface area contributed by atoms with Gasteiger partial charge in [-0.05, 0) is 37.6 Å². The maximum absolute atomic E-state index is 13.1. The van der Waals surface area contributed by atoms with Crippen LogP contribution in [0.25, 0.3) is 0 Å². The lowest BCUT2D eigenvalue weighted by Crippen LogP contribution is -2.35. The summed E-state index contributed by atoms with van der Waals surface area (Å²) in [5.74, 6) is -1.95. The molecule has 0 heterocycles. The summed E-state index contributed by atoms with van der Waals surface area (Å²) in [6.07, 6.45) is 0.618. The molecule has 1 aromatic carbocycles. The van der Waals surface area contributed by atoms with Crippen LogP contribution in [0.3, 0.4) is 0 Å². The van der Waals surface area contributed by atoms with E-state index in [1.54, 1.807) is 4.90 Å². The van der Waals surface area contributed by atoms with E-state index in [4.69, 9.17) is 5.73 Å². The van der Waals surface area contributed by atoms with Gasteiger partial charge >= 0.3 is 0 Å². The van der Waals surface area contributed by atoms with E-state index in [1.807, 2.05) is 13.8 Å². The zero-order chi connectivity index (χ0) is 14.4. The maximum Gasteiger partial charge on any atom is 0.225 e. The Labute approximate surface area is 112 Å². The molecule has 1 unspecified atom stereocenters. The molecule has 0 saturated heterocycles. The molecule has 0 fully saturated rings. The van der Waals surface area contributed by atoms with Crippen molar-refractivity contribution in [1.82, 2.24) is 4.90 Å². The Hall–Kier alpha value is -1.49. The van der Waals surface area contributed by atoms with E-state index < -0.39 is 11.6 Å². The minimum absolute atomic E-state index is 0.0160. The van der Waals surface area contributed by atoms with Crippen LogP contribution in [0.4, 0.5) is 8.78 Å². The van der Waals surface area contributed by atoms with Crippen molar-refractivity contribution in [3.8, 4) is 0 Å². The van der Waals surface area contributed by atoms with Gasteiger partial charge < -0.3 is 10.6 Å². The zero-order valence-corrected chi connectivity index (χ0v) is 11.3. The summed E-state index contributed by atoms with van der Waals surface area (Å²) in [5, 5.41) is 0. The summed E-state index contributed by atoms with van der Waals surface area (Å²) >= 11 is 0. The molecule has 1 rings (SSSR count). The van der Waals surface area contributed by atoms with E-state index in [0.29, 0.717) is 25.1 Å². The average Bonchev–Trinajstić information content (AvgIpc) is 2.39. The highest BCUT2D eigenvalue weighted by Gasteiger charge is 2.19. The molecule has 5 heteroatoms. The number of rotatable bonds is 6. The van der Waals surface area contributed by atoms with Gasteiger partial charge in [0.25, 0.3) is 0 Å². The molecule has 0 aromatic heterocycles. The maximum atomic E-state index is 13.1. The van der Waals surface area contributed by atoms with E-state index >= 15 is 0 Å². The minimum Gasteiger partial charge on any atom is -0.338 e. The number of halogens is 2. The lowest BCUT2D eigenvalue weighted by Gasteiger charge is -2.24. The summed E-state index contributed by atoms with van der Waals surface area (Å²) < 4.78 is 26.0. The van der Waals surface area contributed by atoms with Crippen molar-refractivity contribution in [2.45, 2.75) is 26.8 Å². The topological polar surface area (TPSA) is 46.3 Å². The van der Waals surface area contributed by atoms with Crippen LogP contribution in [0.5, 0.6) is 0 Å². The second-order valence-corrected chi connectivity index (χ2v) is 4.58. The van der Waals surface area contributed by atoms with Gasteiger partial charge in [-0.15, -0.1) is 0 Å². The SMILES string of the molecule is CCN(Cc1ccc(F)c(F)c1)C(=O)C(C)CCN. The van der Waals surface area contributed by atoms with Crippen molar-refractivity contribution in [2.24, 2.45) is 11.7 Å². The van der Waals surface area contributed by atoms with Crippen LogP contribution in [0.15, 0.2) is 18.2 Å². The number of amides is 1. The largest absolute Gasteiger partial charge is 0.338 e. The first kappa shape index (κ1) is 15.6. The molecule has 1 atom stereocenters. The Morgan fingerprint density at radius 3 is 2.58 bits per heavy atom. The molecular weight excluding hydrogens is 250 g/mol. The molecule has 3 nitrogen and oxygen atoms in total. The molecule has 0 aliphatic rings. The zero-order valence-electron chi connectivity index (χ0n) is 11.3. The lowest BCUT2D eigenvalue weighted by molar-refractivity contribution is -0.135. The van der Waals surface area contributed by atoms with Gasteiger partial charge in [-0.3, -0.25) is 4.79 Å². The van der Waals surface area contributed by atoms with Crippen LogP contribution in [-0.2, 0) is 11.3 Å². The molecule has 0 radical (unpaired) electrons. The Bertz CT molecular complexity index is 437. The van der Waals surface area contributed by atoms with E-state index in [2.05, 4.69) is 0 Å². The van der Waals surface area contributed by atoms with Crippen molar-refractivity contribution in [2.75, 3.05) is 13.1 Å². The minimum atomic E-state index is -0.893. The van der Waals surface area contributed by atoms with Crippen LogP contribution >= 0.6 is 0 Å². The Morgan fingerprint density at radius 1 is 1.37 bits per heavy atom. The summed E-state index contributed by atoms with van der Waals surface area (Å²) in [6, 6.07) is 3.69. The number of nitrogens with two attached hydrogens (primary N) is 1. The predicted molar refractivity (Wildman–Crippen MR) is 70.3 cm³/mol. The summed E-state index contributed by atoms with van der Waals surface area (Å²) in [6.45, 7) is 4.93. The van der Waals surface area contributed by atoms with Gasteiger partial charge in [0.15, 0.2) is 11.6 Å². The first-order valence-electron chi connectivity index (χ1n) is 6.42. The molecule has 0 saturated carbocycles. The number of benzene rings is 1. The number of carbonyl (C=O) groups is 1. The predicted octanol–water partition coefficient (Wildman–Crippen LogP) is 2.30. The van der Waals surface area contributed by atoms with Crippen LogP contribution < -0.4 is 5.73 Å². The number of carbonyl (C=O) groups excluding carboxylic acids is 1. The van der Waals surface area contributed by atoms with Gasteiger partial charge in [0.1, 0.15) is 0 Å². The van der Waals surface area contributed by atoms with Gasteiger partial charge in [0.2, 0.25) is 5.91 Å². The fourth-order valence-electron chi connectivity index (χ4n) is 1.89. The van der Waals surface area contributed by atoms with Crippen LogP contribution in [0.2, 0.25) is 0 Å². The molecule has 0 spiro atoms. The first-order chi connectivity index (χ1) is 8.99. The third kappa shape index (κ3) is 4.28. The molecule has 0 aliphatic carbocycles. The Morgan fingerprint density at radius 2 is 2.05 bits per heavy atom. The molecular formula is C14H20F2N2O. The third-order valence-corrected chi connectivity index (χ3v) is 3.07. The van der Waals surface area contributed by atoms with Crippen LogP contribution in [0.1, 0.15) is 25.8 Å². The van der Waals surface area contributed by atoms with Crippen LogP contribution in [0, 0.1) is 17.6 Å². The molecule has 106 valence electrons. The fourth-order valence-corrected chi connectivity index (χ4v) is 1.89. The Balaban J connectivity index is 2.75. The number of nitrogens with zero attached hydrogens (tertiary/aromatic N) is 1. The fraction of sp³-hybridized carbons (Fsp3) is 0.500. The lowest BCUT2D eigenvalue weighted by atomic mass is 10.1. The van der Waals surface area contributed by atoms with Gasteiger partial charge in [-0.25, -0.2) is 8.78 Å². The van der Waals surface area contributed by atoms with Crippen molar-refractivity contribution in [3.05, 3.63) is 35.4 Å². The molecule has 2 N–H and O–H groups in total. The molecule has 1 amide bonds. The highest BCUT2D eigenvalue weighted by Crippen LogP contribution is 2.13. The summed E-state index contributed by atoms with van der Waals surface area (Å²) in [4.78, 5) is 13.7. The smallest absolute Gasteiger partial charge is 0.225 e. The number of hydrogen-bond acceptors (Lipinski definition) is 2. The highest BCUT2D eigenvalue weighted by molar-refractivity contribution is 5.78. The molecule has 19 heavy (non-hydrogen) atoms. The summed E-state index contributed by atoms with van der Waals surface area (Å²) in [7, 11) is 0. The van der Waals surface area contributed by atoms with Gasteiger partial charge in [0.05, 0.1) is 0 Å². The van der Waals surface area contributed by atoms with Crippen molar-refractivity contribution in [3.63, 3.8) is 0 Å². The summed E-state index contributed by atoms with van der Waals surface area (Å²) in [5.41, 5.74) is 6.01. The first-order valence-corrected chi connectivity index (χ1v) is 6.42. The van der Waals surface area contributed by atoms with E-state index in [1.165, 1.54) is 6.07 Å². The van der Waals surface area contributed by atoms with E-state index in [0.717, 1.165) is 12.1 Å². The number of hydrogen-bond donors (Lipinski definition) is 1. The second-order valence-electron chi connectivity index (χ2n) is 4.58. The Kier molecular flexibility index (Phi) is 5.89. The van der Waals surface area contributed by atoms with Crippen molar-refractivity contribution < 1.29 is 13.6 Å². The molecule has 0 bridgehead atoms. The third-order valence-electron chi connectivity index (χ3n) is 3.07. The quantitative estimate of drug-likeness (QED) is 0.862. The standard InChI is InChI=1S/C14H20F2N2O/c1-3-18(14(19)10(2)6-7-17)9-11-4-5-12(15)13(16)8-11/h4-5,8,10H,3,6-7,9,17H2,1-2H3. The second kappa shape index (κ2) is 7.19. The monoisotopic (exact) mass is 270 g/mol. The van der Waals surface area contributed by atoms with Gasteiger partial charge in [-0.2, -0.15) is 0 Å². The van der Waals surface area contributed by atoms with Crippen molar-refractivity contribution >= 4 is 5.91 Å². The van der Waals surface area contributed by atoms with Crippen molar-refractivity contribution in [1.29, 1.82) is 0 Å². The van der Waals surface area contributed by atoms with E-state index in [9.17, 15) is 13.6 Å². The molecule has 0 aliphatic heterocycles. The molecule has 1 aromatic rings. The average molecular weight is 270 g/mol. The van der Waals surface area contributed by atoms with Gasteiger partial charge in [0, 0.05) is 19.0 Å². The van der Waals surface area contributed by atoms with E-state index in [-0.39, 0.29) is 18.4 Å². The van der Waals surface area contributed by atoms with Crippen LogP contribution in [-0.4, -0.2) is 23.9 Å². The highest BCUT2D eigenvalue weighted by atomic mass is 19.2.